The van der Waals surface area contributed by atoms with Crippen molar-refractivity contribution in [2.45, 2.75) is 44.6 Å². The molecule has 3 nitrogen and oxygen atoms in total. The topological polar surface area (TPSA) is 24.5 Å². The Morgan fingerprint density at radius 3 is 2.54 bits per heavy atom. The fourth-order valence-electron chi connectivity index (χ4n) is 4.58. The Morgan fingerprint density at radius 2 is 1.79 bits per heavy atom. The first-order valence-electron chi connectivity index (χ1n) is 9.12. The predicted octanol–water partition coefficient (Wildman–Crippen LogP) is 3.99. The van der Waals surface area contributed by atoms with Crippen molar-refractivity contribution in [2.75, 3.05) is 32.8 Å². The molecule has 4 rings (SSSR count). The number of ether oxygens (including phenoxy) is 1. The minimum atomic E-state index is 0. The average molecular weight is 373 g/mol. The number of hydrogen-bond donors (Lipinski definition) is 1. The molecule has 1 saturated heterocycles. The summed E-state index contributed by atoms with van der Waals surface area (Å²) in [5.74, 6) is 1.96. The molecule has 1 aromatic carbocycles. The molecule has 3 aliphatic rings. The summed E-state index contributed by atoms with van der Waals surface area (Å²) >= 11 is 0. The summed E-state index contributed by atoms with van der Waals surface area (Å²) in [7, 11) is 0. The second kappa shape index (κ2) is 9.28. The number of nitrogens with zero attached hydrogens (tertiary/aromatic N) is 1. The first-order valence-corrected chi connectivity index (χ1v) is 9.12. The van der Waals surface area contributed by atoms with E-state index in [1.807, 2.05) is 0 Å². The Kier molecular flexibility index (Phi) is 7.67. The minimum Gasteiger partial charge on any atom is -0.493 e. The van der Waals surface area contributed by atoms with E-state index in [2.05, 4.69) is 28.4 Å². The molecule has 2 fully saturated rings. The number of hydrogen-bond acceptors (Lipinski definition) is 3. The van der Waals surface area contributed by atoms with Gasteiger partial charge in [0.1, 0.15) is 5.75 Å². The molecule has 2 heterocycles. The monoisotopic (exact) mass is 372 g/mol. The van der Waals surface area contributed by atoms with Crippen LogP contribution < -0.4 is 10.1 Å². The number of piperazine rings is 1. The summed E-state index contributed by atoms with van der Waals surface area (Å²) in [6, 6.07) is 7.62. The van der Waals surface area contributed by atoms with Crippen LogP contribution in [0, 0.1) is 5.92 Å². The maximum Gasteiger partial charge on any atom is 0.122 e. The van der Waals surface area contributed by atoms with Gasteiger partial charge in [0, 0.05) is 38.6 Å². The summed E-state index contributed by atoms with van der Waals surface area (Å²) in [5.41, 5.74) is 2.96. The van der Waals surface area contributed by atoms with Crippen LogP contribution in [0.1, 0.15) is 49.3 Å². The zero-order chi connectivity index (χ0) is 14.8. The van der Waals surface area contributed by atoms with Crippen LogP contribution in [-0.4, -0.2) is 37.7 Å². The fraction of sp³-hybridized carbons (Fsp3) is 0.684. The molecule has 0 bridgehead atoms. The summed E-state index contributed by atoms with van der Waals surface area (Å²) < 4.78 is 5.70. The van der Waals surface area contributed by atoms with Gasteiger partial charge in [-0.15, -0.1) is 24.8 Å². The number of halogens is 2. The normalized spacial score (nSPS) is 22.7. The van der Waals surface area contributed by atoms with Crippen LogP contribution in [-0.2, 0) is 6.42 Å². The molecule has 5 heteroatoms. The molecule has 0 amide bonds. The summed E-state index contributed by atoms with van der Waals surface area (Å²) in [5, 5.41) is 3.50. The van der Waals surface area contributed by atoms with Crippen molar-refractivity contribution in [1.29, 1.82) is 0 Å². The lowest BCUT2D eigenvalue weighted by molar-refractivity contribution is 0.103. The van der Waals surface area contributed by atoms with Crippen molar-refractivity contribution in [3.63, 3.8) is 0 Å². The van der Waals surface area contributed by atoms with E-state index in [1.54, 1.807) is 0 Å². The van der Waals surface area contributed by atoms with E-state index in [4.69, 9.17) is 4.74 Å². The van der Waals surface area contributed by atoms with Gasteiger partial charge in [0.15, 0.2) is 0 Å². The molecule has 0 radical (unpaired) electrons. The lowest BCUT2D eigenvalue weighted by atomic mass is 9.79. The van der Waals surface area contributed by atoms with E-state index in [0.29, 0.717) is 6.04 Å². The zero-order valence-corrected chi connectivity index (χ0v) is 16.0. The zero-order valence-electron chi connectivity index (χ0n) is 14.3. The lowest BCUT2D eigenvalue weighted by Crippen LogP contribution is -2.47. The van der Waals surface area contributed by atoms with E-state index in [-0.39, 0.29) is 24.8 Å². The number of benzene rings is 1. The van der Waals surface area contributed by atoms with E-state index in [9.17, 15) is 0 Å². The van der Waals surface area contributed by atoms with Crippen LogP contribution in [0.5, 0.6) is 5.75 Å². The standard InChI is InChI=1S/C19H28N2O.2ClH/c1-2-4-15(5-3-1)19(21-11-9-20-10-12-21)17-6-7-18-16(14-17)8-13-22-18;;/h6-7,14-15,19-20H,1-5,8-13H2;2*1H/t19-;;/m1../s1. The smallest absolute Gasteiger partial charge is 0.122 e. The summed E-state index contributed by atoms with van der Waals surface area (Å²) in [6.45, 7) is 5.51. The van der Waals surface area contributed by atoms with Gasteiger partial charge in [0.05, 0.1) is 6.61 Å². The third-order valence-corrected chi connectivity index (χ3v) is 5.70. The highest BCUT2D eigenvalue weighted by Crippen LogP contribution is 2.40. The number of rotatable bonds is 3. The molecular weight excluding hydrogens is 343 g/mol. The van der Waals surface area contributed by atoms with Crippen molar-refractivity contribution >= 4 is 24.8 Å². The van der Waals surface area contributed by atoms with Gasteiger partial charge in [-0.05, 0) is 36.0 Å². The second-order valence-electron chi connectivity index (χ2n) is 7.09. The van der Waals surface area contributed by atoms with Crippen molar-refractivity contribution in [3.05, 3.63) is 29.3 Å². The molecule has 0 unspecified atom stereocenters. The minimum absolute atomic E-state index is 0. The van der Waals surface area contributed by atoms with Crippen molar-refractivity contribution in [3.8, 4) is 5.75 Å². The Labute approximate surface area is 158 Å². The molecule has 24 heavy (non-hydrogen) atoms. The maximum atomic E-state index is 5.70. The van der Waals surface area contributed by atoms with Crippen LogP contribution in [0.25, 0.3) is 0 Å². The molecule has 0 aromatic heterocycles. The Hall–Kier alpha value is -0.480. The Morgan fingerprint density at radius 1 is 1.04 bits per heavy atom. The van der Waals surface area contributed by atoms with Crippen LogP contribution >= 0.6 is 24.8 Å². The quantitative estimate of drug-likeness (QED) is 0.867. The first kappa shape index (κ1) is 19.8. The van der Waals surface area contributed by atoms with Gasteiger partial charge in [0.25, 0.3) is 0 Å². The van der Waals surface area contributed by atoms with E-state index >= 15 is 0 Å². The van der Waals surface area contributed by atoms with Crippen molar-refractivity contribution in [2.24, 2.45) is 5.92 Å². The maximum absolute atomic E-state index is 5.70. The van der Waals surface area contributed by atoms with Crippen molar-refractivity contribution < 1.29 is 4.74 Å². The lowest BCUT2D eigenvalue weighted by Gasteiger charge is -2.41. The molecule has 1 N–H and O–H groups in total. The molecule has 2 aliphatic heterocycles. The van der Waals surface area contributed by atoms with Gasteiger partial charge in [-0.2, -0.15) is 0 Å². The van der Waals surface area contributed by atoms with Gasteiger partial charge < -0.3 is 10.1 Å². The third-order valence-electron chi connectivity index (χ3n) is 5.70. The summed E-state index contributed by atoms with van der Waals surface area (Å²) in [4.78, 5) is 2.74. The van der Waals surface area contributed by atoms with Gasteiger partial charge >= 0.3 is 0 Å². The molecular formula is C19H30Cl2N2O. The Balaban J connectivity index is 0.00000104. The van der Waals surface area contributed by atoms with E-state index in [0.717, 1.165) is 37.8 Å². The molecule has 1 aromatic rings. The SMILES string of the molecule is Cl.Cl.c1cc2c(cc1[C@@H](C1CCCCC1)N1CCNCC1)CCO2. The number of nitrogens with one attached hydrogen (secondary N) is 1. The van der Waals surface area contributed by atoms with Gasteiger partial charge in [-0.1, -0.05) is 31.4 Å². The molecule has 1 aliphatic carbocycles. The number of fused-ring (bicyclic) bond motifs is 1. The predicted molar refractivity (Wildman–Crippen MR) is 104 cm³/mol. The van der Waals surface area contributed by atoms with Crippen LogP contribution in [0.15, 0.2) is 18.2 Å². The van der Waals surface area contributed by atoms with Gasteiger partial charge in [0.2, 0.25) is 0 Å². The highest BCUT2D eigenvalue weighted by molar-refractivity contribution is 5.85. The third kappa shape index (κ3) is 4.19. The highest BCUT2D eigenvalue weighted by atomic mass is 35.5. The highest BCUT2D eigenvalue weighted by Gasteiger charge is 2.31. The van der Waals surface area contributed by atoms with Crippen LogP contribution in [0.3, 0.4) is 0 Å². The van der Waals surface area contributed by atoms with Gasteiger partial charge in [-0.3, -0.25) is 4.90 Å². The molecule has 1 atom stereocenters. The van der Waals surface area contributed by atoms with Crippen LogP contribution in [0.4, 0.5) is 0 Å². The van der Waals surface area contributed by atoms with Crippen LogP contribution in [0.2, 0.25) is 0 Å². The summed E-state index contributed by atoms with van der Waals surface area (Å²) in [6.07, 6.45) is 8.16. The molecule has 0 spiro atoms. The average Bonchev–Trinajstić information content (AvgIpc) is 3.05. The van der Waals surface area contributed by atoms with Gasteiger partial charge in [-0.25, -0.2) is 0 Å². The molecule has 1 saturated carbocycles. The molecule has 136 valence electrons. The van der Waals surface area contributed by atoms with E-state index < -0.39 is 0 Å². The first-order chi connectivity index (χ1) is 10.9. The Bertz CT molecular complexity index is 496. The van der Waals surface area contributed by atoms with Crippen molar-refractivity contribution in [1.82, 2.24) is 10.2 Å². The fourth-order valence-corrected chi connectivity index (χ4v) is 4.58. The second-order valence-corrected chi connectivity index (χ2v) is 7.09. The largest absolute Gasteiger partial charge is 0.493 e. The van der Waals surface area contributed by atoms with E-state index in [1.165, 1.54) is 56.3 Å².